The van der Waals surface area contributed by atoms with Crippen LogP contribution in [0.5, 0.6) is 0 Å². The number of carboxylic acids is 1. The first-order chi connectivity index (χ1) is 8.70. The van der Waals surface area contributed by atoms with E-state index in [-0.39, 0.29) is 0 Å². The standard InChI is InChI=1S/C15H16O2S/c1-2-4-11-12-7-9-5-3-6-10(9)8-13(12)18-14(11)15(16)17/h7-8H,2-6H2,1H3,(H,16,17). The van der Waals surface area contributed by atoms with E-state index in [4.69, 9.17) is 0 Å². The molecular weight excluding hydrogens is 244 g/mol. The molecule has 1 aromatic heterocycles. The molecule has 0 bridgehead atoms. The van der Waals surface area contributed by atoms with Crippen LogP contribution in [0, 0.1) is 0 Å². The molecule has 3 rings (SSSR count). The van der Waals surface area contributed by atoms with Crippen molar-refractivity contribution in [1.29, 1.82) is 0 Å². The SMILES string of the molecule is CCCc1c(C(=O)O)sc2cc3c(cc12)CCC3. The summed E-state index contributed by atoms with van der Waals surface area (Å²) in [5.41, 5.74) is 3.89. The molecule has 0 atom stereocenters. The molecule has 0 unspecified atom stereocenters. The van der Waals surface area contributed by atoms with Crippen molar-refractivity contribution in [1.82, 2.24) is 0 Å². The fraction of sp³-hybridized carbons (Fsp3) is 0.400. The molecule has 18 heavy (non-hydrogen) atoms. The Bertz CT molecular complexity index is 625. The highest BCUT2D eigenvalue weighted by atomic mass is 32.1. The van der Waals surface area contributed by atoms with Crippen LogP contribution in [0.4, 0.5) is 0 Å². The Morgan fingerprint density at radius 2 is 2.06 bits per heavy atom. The fourth-order valence-corrected chi connectivity index (χ4v) is 4.02. The number of thiophene rings is 1. The van der Waals surface area contributed by atoms with E-state index in [9.17, 15) is 9.90 Å². The van der Waals surface area contributed by atoms with Gasteiger partial charge in [-0.15, -0.1) is 11.3 Å². The van der Waals surface area contributed by atoms with Gasteiger partial charge in [-0.25, -0.2) is 4.79 Å². The van der Waals surface area contributed by atoms with Crippen LogP contribution in [0.1, 0.15) is 46.1 Å². The Kier molecular flexibility index (Phi) is 2.86. The zero-order chi connectivity index (χ0) is 12.7. The molecule has 1 N–H and O–H groups in total. The van der Waals surface area contributed by atoms with Crippen molar-refractivity contribution < 1.29 is 9.90 Å². The van der Waals surface area contributed by atoms with Gasteiger partial charge in [0.15, 0.2) is 0 Å². The Hall–Kier alpha value is -1.35. The highest BCUT2D eigenvalue weighted by Crippen LogP contribution is 2.36. The molecule has 0 amide bonds. The monoisotopic (exact) mass is 260 g/mol. The van der Waals surface area contributed by atoms with Crippen LogP contribution in [-0.2, 0) is 19.3 Å². The molecule has 1 heterocycles. The highest BCUT2D eigenvalue weighted by molar-refractivity contribution is 7.21. The van der Waals surface area contributed by atoms with Crippen LogP contribution in [0.25, 0.3) is 10.1 Å². The summed E-state index contributed by atoms with van der Waals surface area (Å²) in [5.74, 6) is -0.778. The van der Waals surface area contributed by atoms with Gasteiger partial charge in [0.25, 0.3) is 0 Å². The van der Waals surface area contributed by atoms with Crippen molar-refractivity contribution in [2.24, 2.45) is 0 Å². The average molecular weight is 260 g/mol. The molecule has 1 aliphatic carbocycles. The molecule has 0 aliphatic heterocycles. The number of hydrogen-bond acceptors (Lipinski definition) is 2. The molecule has 3 heteroatoms. The maximum atomic E-state index is 11.3. The Morgan fingerprint density at radius 1 is 1.33 bits per heavy atom. The minimum absolute atomic E-state index is 0.538. The molecule has 2 nitrogen and oxygen atoms in total. The van der Waals surface area contributed by atoms with E-state index < -0.39 is 5.97 Å². The first kappa shape index (κ1) is 11.7. The van der Waals surface area contributed by atoms with E-state index in [0.29, 0.717) is 4.88 Å². The van der Waals surface area contributed by atoms with Crippen molar-refractivity contribution in [3.05, 3.63) is 33.7 Å². The first-order valence-electron chi connectivity index (χ1n) is 6.51. The molecule has 0 fully saturated rings. The summed E-state index contributed by atoms with van der Waals surface area (Å²) in [7, 11) is 0. The molecule has 2 aromatic rings. The summed E-state index contributed by atoms with van der Waals surface area (Å²) < 4.78 is 1.15. The zero-order valence-corrected chi connectivity index (χ0v) is 11.3. The summed E-state index contributed by atoms with van der Waals surface area (Å²) in [4.78, 5) is 11.9. The van der Waals surface area contributed by atoms with Gasteiger partial charge in [-0.05, 0) is 59.9 Å². The number of hydrogen-bond donors (Lipinski definition) is 1. The Morgan fingerprint density at radius 3 is 2.72 bits per heavy atom. The molecular formula is C15H16O2S. The topological polar surface area (TPSA) is 37.3 Å². The van der Waals surface area contributed by atoms with E-state index in [1.165, 1.54) is 34.3 Å². The van der Waals surface area contributed by atoms with E-state index in [2.05, 4.69) is 19.1 Å². The summed E-state index contributed by atoms with van der Waals surface area (Å²) in [6, 6.07) is 4.46. The van der Waals surface area contributed by atoms with Gasteiger partial charge in [0.2, 0.25) is 0 Å². The predicted octanol–water partition coefficient (Wildman–Crippen LogP) is 4.04. The molecule has 0 radical (unpaired) electrons. The second kappa shape index (κ2) is 4.39. The van der Waals surface area contributed by atoms with Crippen molar-refractivity contribution >= 4 is 27.4 Å². The third kappa shape index (κ3) is 1.74. The van der Waals surface area contributed by atoms with Crippen LogP contribution >= 0.6 is 11.3 Å². The number of aryl methyl sites for hydroxylation is 3. The minimum Gasteiger partial charge on any atom is -0.477 e. The lowest BCUT2D eigenvalue weighted by Gasteiger charge is -2.02. The van der Waals surface area contributed by atoms with Gasteiger partial charge in [0.05, 0.1) is 0 Å². The van der Waals surface area contributed by atoms with E-state index in [0.717, 1.165) is 35.9 Å². The number of aromatic carboxylic acids is 1. The summed E-state index contributed by atoms with van der Waals surface area (Å²) in [6.45, 7) is 2.10. The third-order valence-corrected chi connectivity index (χ3v) is 4.88. The maximum Gasteiger partial charge on any atom is 0.346 e. The maximum absolute atomic E-state index is 11.3. The van der Waals surface area contributed by atoms with E-state index >= 15 is 0 Å². The van der Waals surface area contributed by atoms with E-state index in [1.807, 2.05) is 0 Å². The molecule has 0 saturated carbocycles. The quantitative estimate of drug-likeness (QED) is 0.904. The van der Waals surface area contributed by atoms with Crippen LogP contribution in [0.15, 0.2) is 12.1 Å². The van der Waals surface area contributed by atoms with Crippen LogP contribution in [0.3, 0.4) is 0 Å². The summed E-state index contributed by atoms with van der Waals surface area (Å²) in [5, 5.41) is 10.5. The molecule has 1 aromatic carbocycles. The summed E-state index contributed by atoms with van der Waals surface area (Å²) >= 11 is 1.44. The van der Waals surface area contributed by atoms with Crippen LogP contribution in [0.2, 0.25) is 0 Å². The molecule has 1 aliphatic rings. The number of fused-ring (bicyclic) bond motifs is 2. The van der Waals surface area contributed by atoms with Gasteiger partial charge in [-0.3, -0.25) is 0 Å². The van der Waals surface area contributed by atoms with E-state index in [1.54, 1.807) is 0 Å². The van der Waals surface area contributed by atoms with Crippen LogP contribution in [-0.4, -0.2) is 11.1 Å². The third-order valence-electron chi connectivity index (χ3n) is 3.70. The number of benzene rings is 1. The van der Waals surface area contributed by atoms with Gasteiger partial charge in [-0.1, -0.05) is 13.3 Å². The van der Waals surface area contributed by atoms with Gasteiger partial charge >= 0.3 is 5.97 Å². The molecule has 0 saturated heterocycles. The number of carbonyl (C=O) groups is 1. The smallest absolute Gasteiger partial charge is 0.346 e. The largest absolute Gasteiger partial charge is 0.477 e. The number of carboxylic acid groups (broad SMARTS) is 1. The second-order valence-corrected chi connectivity index (χ2v) is 5.99. The van der Waals surface area contributed by atoms with Crippen molar-refractivity contribution in [2.75, 3.05) is 0 Å². The lowest BCUT2D eigenvalue weighted by Crippen LogP contribution is -1.97. The lowest BCUT2D eigenvalue weighted by molar-refractivity contribution is 0.0701. The lowest BCUT2D eigenvalue weighted by atomic mass is 10.0. The van der Waals surface area contributed by atoms with Crippen molar-refractivity contribution in [3.8, 4) is 0 Å². The van der Waals surface area contributed by atoms with Crippen molar-refractivity contribution in [3.63, 3.8) is 0 Å². The Balaban J connectivity index is 2.25. The molecule has 0 spiro atoms. The van der Waals surface area contributed by atoms with Crippen molar-refractivity contribution in [2.45, 2.75) is 39.0 Å². The predicted molar refractivity (Wildman–Crippen MR) is 74.8 cm³/mol. The second-order valence-electron chi connectivity index (χ2n) is 4.94. The van der Waals surface area contributed by atoms with Gasteiger partial charge in [-0.2, -0.15) is 0 Å². The summed E-state index contributed by atoms with van der Waals surface area (Å²) in [6.07, 6.45) is 5.38. The fourth-order valence-electron chi connectivity index (χ4n) is 2.89. The first-order valence-corrected chi connectivity index (χ1v) is 7.32. The average Bonchev–Trinajstić information content (AvgIpc) is 2.91. The van der Waals surface area contributed by atoms with Gasteiger partial charge in [0.1, 0.15) is 4.88 Å². The minimum atomic E-state index is -0.778. The van der Waals surface area contributed by atoms with Gasteiger partial charge in [0, 0.05) is 4.70 Å². The Labute approximate surface area is 110 Å². The number of rotatable bonds is 3. The van der Waals surface area contributed by atoms with Crippen LogP contribution < -0.4 is 0 Å². The molecule has 94 valence electrons. The highest BCUT2D eigenvalue weighted by Gasteiger charge is 2.20. The van der Waals surface area contributed by atoms with Gasteiger partial charge < -0.3 is 5.11 Å². The normalized spacial score (nSPS) is 14.1. The zero-order valence-electron chi connectivity index (χ0n) is 10.5.